The molecule has 4 atom stereocenters. The van der Waals surface area contributed by atoms with Crippen molar-refractivity contribution in [3.05, 3.63) is 157 Å². The van der Waals surface area contributed by atoms with Gasteiger partial charge in [-0.25, -0.2) is 9.59 Å². The molecule has 9 nitrogen and oxygen atoms in total. The quantitative estimate of drug-likeness (QED) is 0.0832. The average molecular weight is 853 g/mol. The molecule has 0 spiro atoms. The summed E-state index contributed by atoms with van der Waals surface area (Å²) in [5, 5.41) is 11.2. The number of aryl methyl sites for hydroxylation is 2. The maximum atomic E-state index is 14.8. The number of ether oxygens (including phenoxy) is 4. The molecule has 5 aromatic rings. The number of carbonyl (C=O) groups excluding carboxylic acids is 2. The molecule has 4 heterocycles. The second-order valence-electron chi connectivity index (χ2n) is 18.2. The molecule has 0 amide bonds. The van der Waals surface area contributed by atoms with E-state index < -0.39 is 42.0 Å². The Balaban J connectivity index is 1.21. The monoisotopic (exact) mass is 852 g/mol. The van der Waals surface area contributed by atoms with Crippen LogP contribution in [0.15, 0.2) is 111 Å². The molecule has 9 heteroatoms. The van der Waals surface area contributed by atoms with E-state index in [1.54, 1.807) is 19.2 Å². The summed E-state index contributed by atoms with van der Waals surface area (Å²) >= 11 is 0. The molecule has 63 heavy (non-hydrogen) atoms. The highest BCUT2D eigenvalue weighted by Gasteiger charge is 2.57. The lowest BCUT2D eigenvalue weighted by Crippen LogP contribution is -2.58. The number of carbonyl (C=O) groups is 2. The van der Waals surface area contributed by atoms with Gasteiger partial charge in [-0.05, 0) is 124 Å². The van der Waals surface area contributed by atoms with Gasteiger partial charge in [0.25, 0.3) is 0 Å². The Kier molecular flexibility index (Phi) is 13.6. The first-order valence-electron chi connectivity index (χ1n) is 22.7. The lowest BCUT2D eigenvalue weighted by atomic mass is 9.76. The number of hydrogen-bond acceptors (Lipinski definition) is 9. The van der Waals surface area contributed by atoms with Crippen molar-refractivity contribution in [3.8, 4) is 5.75 Å². The zero-order valence-corrected chi connectivity index (χ0v) is 37.1. The van der Waals surface area contributed by atoms with Crippen LogP contribution in [0.25, 0.3) is 11.0 Å². The van der Waals surface area contributed by atoms with Crippen LogP contribution in [0.2, 0.25) is 0 Å². The third kappa shape index (κ3) is 9.70. The Bertz CT molecular complexity index is 2510. The lowest BCUT2D eigenvalue weighted by molar-refractivity contribution is -0.199. The van der Waals surface area contributed by atoms with Crippen molar-refractivity contribution in [2.75, 3.05) is 13.7 Å². The van der Waals surface area contributed by atoms with Crippen LogP contribution >= 0.6 is 0 Å². The molecule has 9 rings (SSSR count). The smallest absolute Gasteiger partial charge is 0.339 e. The Labute approximate surface area is 370 Å². The summed E-state index contributed by atoms with van der Waals surface area (Å²) < 4.78 is 31.9. The van der Waals surface area contributed by atoms with E-state index in [4.69, 9.17) is 23.4 Å². The van der Waals surface area contributed by atoms with Crippen LogP contribution in [0, 0.1) is 11.8 Å². The summed E-state index contributed by atoms with van der Waals surface area (Å²) in [4.78, 5) is 43.2. The predicted molar refractivity (Wildman–Crippen MR) is 243 cm³/mol. The van der Waals surface area contributed by atoms with E-state index in [0.29, 0.717) is 52.7 Å². The summed E-state index contributed by atoms with van der Waals surface area (Å²) in [6, 6.07) is 31.2. The molecule has 4 aliphatic rings. The Morgan fingerprint density at radius 2 is 1.52 bits per heavy atom. The van der Waals surface area contributed by atoms with E-state index in [-0.39, 0.29) is 36.9 Å². The molecule has 1 saturated carbocycles. The van der Waals surface area contributed by atoms with Crippen molar-refractivity contribution in [2.45, 2.75) is 122 Å². The maximum Gasteiger partial charge on any atom is 0.339 e. The third-order valence-electron chi connectivity index (χ3n) is 13.7. The van der Waals surface area contributed by atoms with E-state index in [1.807, 2.05) is 26.8 Å². The average Bonchev–Trinajstić information content (AvgIpc) is 3.83. The van der Waals surface area contributed by atoms with Gasteiger partial charge in [0.05, 0.1) is 18.8 Å². The molecular weight excluding hydrogens is 793 g/mol. The maximum absolute atomic E-state index is 14.8. The standard InChI is InChI=1S/C54H60O9/c1-34(2)42-24-23-35-17-19-38(20-18-35)31-40(22-21-37-13-10-14-39(30-37)29-36-11-6-5-7-12-36)32-47(56)60-50-48-46(63-54(3,41-15-8-9-16-41)51(50)62-52(42)57)26-25-43-45(33-55)44(27-28-59-4)53(58)61-49(43)48/h5-7,10-14,17-20,25-26,30,40-41,50-51,55H,8-9,15-16,21-24,27-29,31-33H2,1-4H3/t40-,50-,51+,54+/m1/s1. The Hall–Kier alpha value is -5.51. The number of allylic oxidation sites excluding steroid dienone is 1. The number of aliphatic hydroxyl groups excluding tert-OH is 1. The first-order valence-corrected chi connectivity index (χ1v) is 22.7. The second kappa shape index (κ2) is 19.5. The van der Waals surface area contributed by atoms with E-state index in [0.717, 1.165) is 61.6 Å². The molecule has 330 valence electrons. The minimum atomic E-state index is -1.18. The fourth-order valence-electron chi connectivity index (χ4n) is 10.2. The molecule has 3 aliphatic heterocycles. The van der Waals surface area contributed by atoms with Crippen molar-refractivity contribution >= 4 is 22.9 Å². The number of hydrogen-bond donors (Lipinski definition) is 1. The van der Waals surface area contributed by atoms with Crippen LogP contribution in [0.4, 0.5) is 0 Å². The molecule has 0 unspecified atom stereocenters. The highest BCUT2D eigenvalue weighted by Crippen LogP contribution is 2.52. The summed E-state index contributed by atoms with van der Waals surface area (Å²) in [5.41, 5.74) is 6.79. The van der Waals surface area contributed by atoms with Gasteiger partial charge in [-0.15, -0.1) is 0 Å². The zero-order chi connectivity index (χ0) is 44.1. The van der Waals surface area contributed by atoms with E-state index >= 15 is 0 Å². The molecule has 1 N–H and O–H groups in total. The fourth-order valence-corrected chi connectivity index (χ4v) is 10.2. The molecule has 1 aromatic heterocycles. The molecule has 4 aromatic carbocycles. The largest absolute Gasteiger partial charge is 0.483 e. The first kappa shape index (κ1) is 44.1. The van der Waals surface area contributed by atoms with Crippen molar-refractivity contribution in [1.82, 2.24) is 0 Å². The molecule has 1 fully saturated rings. The van der Waals surface area contributed by atoms with Crippen molar-refractivity contribution in [1.29, 1.82) is 0 Å². The summed E-state index contributed by atoms with van der Waals surface area (Å²) in [6.45, 7) is 5.63. The van der Waals surface area contributed by atoms with Gasteiger partial charge in [-0.3, -0.25) is 4.79 Å². The van der Waals surface area contributed by atoms with Crippen molar-refractivity contribution in [2.24, 2.45) is 11.8 Å². The summed E-state index contributed by atoms with van der Waals surface area (Å²) in [7, 11) is 1.55. The van der Waals surface area contributed by atoms with Crippen LogP contribution in [0.3, 0.4) is 0 Å². The Morgan fingerprint density at radius 3 is 2.25 bits per heavy atom. The third-order valence-corrected chi connectivity index (χ3v) is 13.7. The van der Waals surface area contributed by atoms with Crippen LogP contribution in [-0.4, -0.2) is 42.5 Å². The van der Waals surface area contributed by atoms with Gasteiger partial charge in [0, 0.05) is 42.4 Å². The van der Waals surface area contributed by atoms with Gasteiger partial charge in [0.2, 0.25) is 0 Å². The molecule has 1 aliphatic carbocycles. The first-order chi connectivity index (χ1) is 30.5. The number of fused-ring (bicyclic) bond motifs is 13. The van der Waals surface area contributed by atoms with Gasteiger partial charge in [-0.1, -0.05) is 97.3 Å². The van der Waals surface area contributed by atoms with Crippen LogP contribution in [0.1, 0.15) is 116 Å². The van der Waals surface area contributed by atoms with E-state index in [9.17, 15) is 19.5 Å². The van der Waals surface area contributed by atoms with Crippen molar-refractivity contribution < 1.29 is 38.1 Å². The number of methoxy groups -OCH3 is 1. The summed E-state index contributed by atoms with van der Waals surface area (Å²) in [5.74, 6) is -0.645. The van der Waals surface area contributed by atoms with Gasteiger partial charge >= 0.3 is 17.6 Å². The Morgan fingerprint density at radius 1 is 0.794 bits per heavy atom. The lowest BCUT2D eigenvalue weighted by Gasteiger charge is -2.48. The molecule has 0 radical (unpaired) electrons. The topological polar surface area (TPSA) is 122 Å². The van der Waals surface area contributed by atoms with E-state index in [2.05, 4.69) is 72.8 Å². The minimum absolute atomic E-state index is 0.0131. The highest BCUT2D eigenvalue weighted by molar-refractivity contribution is 5.90. The number of rotatable bonds is 10. The predicted octanol–water partition coefficient (Wildman–Crippen LogP) is 10.1. The molecule has 2 bridgehead atoms. The van der Waals surface area contributed by atoms with Crippen LogP contribution in [0.5, 0.6) is 5.75 Å². The SMILES string of the molecule is COCCc1c(CO)c2ccc3c(c2oc1=O)[C@H]1OC(=O)C[C@H](CCc2cccc(Cc4ccccc4)c2)Cc2ccc(cc2)CCC(=C(C)C)C(=O)O[C@@H]1[C@](C)(C1CCCC1)O3. The number of esters is 2. The number of aliphatic hydroxyl groups is 1. The van der Waals surface area contributed by atoms with Crippen LogP contribution in [-0.2, 0) is 62.5 Å². The van der Waals surface area contributed by atoms with Crippen molar-refractivity contribution in [3.63, 3.8) is 0 Å². The normalized spacial score (nSPS) is 22.0. The minimum Gasteiger partial charge on any atom is -0.483 e. The second-order valence-corrected chi connectivity index (χ2v) is 18.2. The van der Waals surface area contributed by atoms with Gasteiger partial charge in [0.15, 0.2) is 12.2 Å². The van der Waals surface area contributed by atoms with Crippen LogP contribution < -0.4 is 10.4 Å². The van der Waals surface area contributed by atoms with E-state index in [1.165, 1.54) is 16.7 Å². The fraction of sp³-hybridized carbons (Fsp3) is 0.426. The zero-order valence-electron chi connectivity index (χ0n) is 37.1. The number of benzene rings is 4. The highest BCUT2D eigenvalue weighted by atomic mass is 16.6. The molecular formula is C54H60O9. The van der Waals surface area contributed by atoms with Gasteiger partial charge in [0.1, 0.15) is 16.9 Å². The summed E-state index contributed by atoms with van der Waals surface area (Å²) in [6.07, 6.45) is 5.89. The van der Waals surface area contributed by atoms with Gasteiger partial charge in [-0.2, -0.15) is 0 Å². The van der Waals surface area contributed by atoms with Gasteiger partial charge < -0.3 is 28.5 Å². The molecule has 0 saturated heterocycles.